The van der Waals surface area contributed by atoms with E-state index in [1.807, 2.05) is 0 Å². The first-order chi connectivity index (χ1) is 12.6. The summed E-state index contributed by atoms with van der Waals surface area (Å²) in [6.07, 6.45) is 0.506. The van der Waals surface area contributed by atoms with Crippen molar-refractivity contribution in [2.24, 2.45) is 0 Å². The fourth-order valence-corrected chi connectivity index (χ4v) is 2.79. The monoisotopic (exact) mass is 377 g/mol. The summed E-state index contributed by atoms with van der Waals surface area (Å²) in [7, 11) is 0. The van der Waals surface area contributed by atoms with Crippen LogP contribution in [0.5, 0.6) is 5.75 Å². The minimum absolute atomic E-state index is 0.0165. The highest BCUT2D eigenvalue weighted by Crippen LogP contribution is 2.35. The number of benzene rings is 1. The Balaban J connectivity index is 2.14. The van der Waals surface area contributed by atoms with Gasteiger partial charge < -0.3 is 4.74 Å². The van der Waals surface area contributed by atoms with Gasteiger partial charge in [0.2, 0.25) is 0 Å². The molecule has 0 radical (unpaired) electrons. The lowest BCUT2D eigenvalue weighted by molar-refractivity contribution is -0.138. The Morgan fingerprint density at radius 3 is 2.67 bits per heavy atom. The summed E-state index contributed by atoms with van der Waals surface area (Å²) >= 11 is 0. The molecule has 1 aromatic heterocycles. The Bertz CT molecular complexity index is 1020. The van der Waals surface area contributed by atoms with Crippen molar-refractivity contribution in [2.75, 3.05) is 11.4 Å². The molecule has 3 rings (SSSR count). The number of hydrogen-bond acceptors (Lipinski definition) is 4. The zero-order valence-electron chi connectivity index (χ0n) is 14.4. The Hall–Kier alpha value is -3.28. The number of hydrogen-bond donors (Lipinski definition) is 0. The van der Waals surface area contributed by atoms with Crippen molar-refractivity contribution in [1.82, 2.24) is 9.78 Å². The second-order valence-electron chi connectivity index (χ2n) is 5.94. The number of amides is 1. The average Bonchev–Trinajstić information content (AvgIpc) is 2.60. The lowest BCUT2D eigenvalue weighted by atomic mass is 10.1. The molecule has 6 nitrogen and oxygen atoms in total. The van der Waals surface area contributed by atoms with Gasteiger partial charge in [0.1, 0.15) is 5.75 Å². The number of aromatic nitrogens is 2. The van der Waals surface area contributed by atoms with Gasteiger partial charge in [-0.2, -0.15) is 23.0 Å². The number of ether oxygens (including phenoxy) is 1. The zero-order valence-corrected chi connectivity index (χ0v) is 14.4. The molecule has 27 heavy (non-hydrogen) atoms. The highest BCUT2D eigenvalue weighted by Gasteiger charge is 2.35. The number of carbonyl (C=O) groups excluding carboxylic acids is 1. The maximum absolute atomic E-state index is 12.9. The number of halogens is 3. The summed E-state index contributed by atoms with van der Waals surface area (Å²) in [5.74, 6) is 2.39. The zero-order chi connectivity index (χ0) is 19.9. The molecule has 0 saturated carbocycles. The van der Waals surface area contributed by atoms with Gasteiger partial charge in [0.05, 0.1) is 29.7 Å². The second-order valence-corrected chi connectivity index (χ2v) is 5.94. The quantitative estimate of drug-likeness (QED) is 0.754. The fraction of sp³-hybridized carbons (Fsp3) is 0.278. The van der Waals surface area contributed by atoms with Crippen LogP contribution in [-0.4, -0.2) is 28.3 Å². The van der Waals surface area contributed by atoms with Crippen molar-refractivity contribution < 1.29 is 22.7 Å². The lowest BCUT2D eigenvalue weighted by Gasteiger charge is -2.32. The third kappa shape index (κ3) is 3.14. The van der Waals surface area contributed by atoms with Gasteiger partial charge in [-0.25, -0.2) is 0 Å². The first-order valence-electron chi connectivity index (χ1n) is 7.87. The largest absolute Gasteiger partial charge is 0.479 e. The number of fused-ring (bicyclic) bond motifs is 1. The number of nitrogens with zero attached hydrogens (tertiary/aromatic N) is 3. The molecule has 0 aliphatic carbocycles. The van der Waals surface area contributed by atoms with E-state index in [-0.39, 0.29) is 18.1 Å². The van der Waals surface area contributed by atoms with E-state index in [0.717, 1.165) is 11.6 Å². The molecule has 1 aliphatic rings. The molecular formula is C18H14F3N3O3. The van der Waals surface area contributed by atoms with E-state index < -0.39 is 29.0 Å². The summed E-state index contributed by atoms with van der Waals surface area (Å²) in [5, 5.41) is 3.63. The summed E-state index contributed by atoms with van der Waals surface area (Å²) < 4.78 is 45.2. The van der Waals surface area contributed by atoms with Crippen molar-refractivity contribution in [1.29, 1.82) is 0 Å². The van der Waals surface area contributed by atoms with Crippen LogP contribution in [0.4, 0.5) is 18.9 Å². The van der Waals surface area contributed by atoms with Crippen LogP contribution in [0.15, 0.2) is 29.2 Å². The van der Waals surface area contributed by atoms with E-state index >= 15 is 0 Å². The predicted octanol–water partition coefficient (Wildman–Crippen LogP) is 2.31. The molecule has 0 fully saturated rings. The SMILES string of the molecule is C#CCN1C(=O)[C@@H](C)Oc2ccc(-n3ncc(C(F)(F)F)c(C)c3=O)cc21. The van der Waals surface area contributed by atoms with Gasteiger partial charge >= 0.3 is 6.18 Å². The number of anilines is 1. The molecule has 9 heteroatoms. The summed E-state index contributed by atoms with van der Waals surface area (Å²) in [4.78, 5) is 26.0. The van der Waals surface area contributed by atoms with Crippen LogP contribution < -0.4 is 15.2 Å². The molecule has 0 unspecified atom stereocenters. The number of carbonyl (C=O) groups is 1. The average molecular weight is 377 g/mol. The smallest absolute Gasteiger partial charge is 0.418 e. The lowest BCUT2D eigenvalue weighted by Crippen LogP contribution is -2.44. The topological polar surface area (TPSA) is 64.4 Å². The Kier molecular flexibility index (Phi) is 4.43. The van der Waals surface area contributed by atoms with Crippen molar-refractivity contribution in [3.63, 3.8) is 0 Å². The maximum Gasteiger partial charge on any atom is 0.418 e. The van der Waals surface area contributed by atoms with Crippen molar-refractivity contribution in [3.8, 4) is 23.8 Å². The van der Waals surface area contributed by atoms with Crippen molar-refractivity contribution >= 4 is 11.6 Å². The van der Waals surface area contributed by atoms with Gasteiger partial charge in [0.15, 0.2) is 6.10 Å². The van der Waals surface area contributed by atoms with Crippen LogP contribution in [0.1, 0.15) is 18.1 Å². The van der Waals surface area contributed by atoms with E-state index in [1.54, 1.807) is 6.92 Å². The normalized spacial score (nSPS) is 16.5. The van der Waals surface area contributed by atoms with Crippen LogP contribution in [0.25, 0.3) is 5.69 Å². The fourth-order valence-electron chi connectivity index (χ4n) is 2.79. The molecule has 0 saturated heterocycles. The van der Waals surface area contributed by atoms with E-state index in [2.05, 4.69) is 11.0 Å². The first kappa shape index (κ1) is 18.5. The third-order valence-corrected chi connectivity index (χ3v) is 4.17. The molecular weight excluding hydrogens is 363 g/mol. The molecule has 1 aromatic carbocycles. The highest BCUT2D eigenvalue weighted by molar-refractivity contribution is 6.00. The van der Waals surface area contributed by atoms with Crippen LogP contribution in [0.2, 0.25) is 0 Å². The maximum atomic E-state index is 12.9. The molecule has 2 aromatic rings. The van der Waals surface area contributed by atoms with E-state index in [4.69, 9.17) is 11.2 Å². The number of alkyl halides is 3. The summed E-state index contributed by atoms with van der Waals surface area (Å²) in [5.41, 5.74) is -1.98. The summed E-state index contributed by atoms with van der Waals surface area (Å²) in [6.45, 7) is 2.64. The van der Waals surface area contributed by atoms with Gasteiger partial charge in [0.25, 0.3) is 11.5 Å². The van der Waals surface area contributed by atoms with Crippen LogP contribution in [0, 0.1) is 19.3 Å². The Morgan fingerprint density at radius 2 is 2.04 bits per heavy atom. The van der Waals surface area contributed by atoms with Gasteiger partial charge in [-0.05, 0) is 32.0 Å². The van der Waals surface area contributed by atoms with E-state index in [9.17, 15) is 22.8 Å². The highest BCUT2D eigenvalue weighted by atomic mass is 19.4. The first-order valence-corrected chi connectivity index (χ1v) is 7.87. The van der Waals surface area contributed by atoms with Gasteiger partial charge in [-0.15, -0.1) is 6.42 Å². The standard InChI is InChI=1S/C18H14F3N3O3/c1-4-7-23-14-8-12(5-6-15(14)27-11(3)17(23)26)24-16(25)10(2)13(9-22-24)18(19,20)21/h1,5-6,8-9,11H,7H2,2-3H3/t11-/m1/s1. The molecule has 0 bridgehead atoms. The van der Waals surface area contributed by atoms with Gasteiger partial charge in [0, 0.05) is 5.56 Å². The molecule has 2 heterocycles. The summed E-state index contributed by atoms with van der Waals surface area (Å²) in [6, 6.07) is 4.41. The van der Waals surface area contributed by atoms with E-state index in [1.165, 1.54) is 23.1 Å². The van der Waals surface area contributed by atoms with Crippen LogP contribution in [-0.2, 0) is 11.0 Å². The second kappa shape index (κ2) is 6.46. The van der Waals surface area contributed by atoms with Gasteiger partial charge in [-0.1, -0.05) is 5.92 Å². The van der Waals surface area contributed by atoms with E-state index in [0.29, 0.717) is 17.6 Å². The molecule has 1 aliphatic heterocycles. The van der Waals surface area contributed by atoms with Crippen molar-refractivity contribution in [3.05, 3.63) is 45.9 Å². The molecule has 0 spiro atoms. The number of terminal acetylenes is 1. The predicted molar refractivity (Wildman–Crippen MR) is 90.8 cm³/mol. The Morgan fingerprint density at radius 1 is 1.33 bits per heavy atom. The van der Waals surface area contributed by atoms with Crippen LogP contribution in [0.3, 0.4) is 0 Å². The van der Waals surface area contributed by atoms with Crippen LogP contribution >= 0.6 is 0 Å². The molecule has 1 amide bonds. The Labute approximate surface area is 152 Å². The van der Waals surface area contributed by atoms with Gasteiger partial charge in [-0.3, -0.25) is 14.5 Å². The molecule has 140 valence electrons. The minimum atomic E-state index is -4.68. The molecule has 0 N–H and O–H groups in total. The molecule has 1 atom stereocenters. The third-order valence-electron chi connectivity index (χ3n) is 4.17. The van der Waals surface area contributed by atoms with Crippen molar-refractivity contribution in [2.45, 2.75) is 26.1 Å². The number of rotatable bonds is 2. The minimum Gasteiger partial charge on any atom is -0.479 e.